The maximum Gasteiger partial charge on any atom is 0.160 e. The summed E-state index contributed by atoms with van der Waals surface area (Å²) in [5.41, 5.74) is 7.99. The van der Waals surface area contributed by atoms with Crippen LogP contribution < -0.4 is 0 Å². The lowest BCUT2D eigenvalue weighted by Gasteiger charge is -2.11. The first-order valence-electron chi connectivity index (χ1n) is 16.8. The Balaban J connectivity index is 1.16. The zero-order valence-electron chi connectivity index (χ0n) is 26.7. The first kappa shape index (κ1) is 27.6. The van der Waals surface area contributed by atoms with Crippen LogP contribution >= 0.6 is 11.3 Å². The van der Waals surface area contributed by atoms with Gasteiger partial charge in [0.25, 0.3) is 0 Å². The van der Waals surface area contributed by atoms with Gasteiger partial charge in [-0.2, -0.15) is 0 Å². The molecule has 3 nitrogen and oxygen atoms in total. The molecule has 50 heavy (non-hydrogen) atoms. The Bertz CT molecular complexity index is 3170. The maximum atomic E-state index is 6.67. The predicted octanol–water partition coefficient (Wildman–Crippen LogP) is 13.2. The van der Waals surface area contributed by atoms with Crippen LogP contribution in [0, 0.1) is 0 Å². The third-order valence-electron chi connectivity index (χ3n) is 10.1. The Morgan fingerprint density at radius 2 is 1.18 bits per heavy atom. The number of thiophene rings is 1. The highest BCUT2D eigenvalue weighted by Crippen LogP contribution is 2.44. The summed E-state index contributed by atoms with van der Waals surface area (Å²) in [7, 11) is 0. The summed E-state index contributed by atoms with van der Waals surface area (Å²) in [5.74, 6) is 0.720. The number of hydrogen-bond acceptors (Lipinski definition) is 4. The number of aromatic nitrogens is 2. The van der Waals surface area contributed by atoms with Crippen LogP contribution in [-0.4, -0.2) is 9.97 Å². The second kappa shape index (κ2) is 10.6. The Hall–Kier alpha value is -6.36. The fourth-order valence-corrected chi connectivity index (χ4v) is 8.86. The molecule has 11 aromatic rings. The molecular formula is C46H26N2OS. The lowest BCUT2D eigenvalue weighted by Crippen LogP contribution is -1.94. The summed E-state index contributed by atoms with van der Waals surface area (Å²) in [6.07, 6.45) is 0. The highest BCUT2D eigenvalue weighted by Gasteiger charge is 2.21. The topological polar surface area (TPSA) is 38.9 Å². The van der Waals surface area contributed by atoms with E-state index in [-0.39, 0.29) is 0 Å². The molecule has 4 heteroatoms. The second-order valence-corrected chi connectivity index (χ2v) is 14.0. The Morgan fingerprint density at radius 3 is 2.08 bits per heavy atom. The summed E-state index contributed by atoms with van der Waals surface area (Å²) in [6.45, 7) is 0. The minimum Gasteiger partial charge on any atom is -0.456 e. The van der Waals surface area contributed by atoms with Crippen LogP contribution in [0.15, 0.2) is 162 Å². The summed E-state index contributed by atoms with van der Waals surface area (Å²) < 4.78 is 8.95. The molecule has 0 fully saturated rings. The molecule has 0 saturated heterocycles. The van der Waals surface area contributed by atoms with E-state index in [0.717, 1.165) is 65.8 Å². The molecule has 3 heterocycles. The average Bonchev–Trinajstić information content (AvgIpc) is 3.75. The fourth-order valence-electron chi connectivity index (χ4n) is 7.71. The zero-order chi connectivity index (χ0) is 32.8. The van der Waals surface area contributed by atoms with Gasteiger partial charge in [0.05, 0.1) is 15.9 Å². The third kappa shape index (κ3) is 4.09. The van der Waals surface area contributed by atoms with Crippen molar-refractivity contribution in [2.24, 2.45) is 0 Å². The molecule has 11 rings (SSSR count). The molecule has 0 N–H and O–H groups in total. The molecule has 0 aliphatic carbocycles. The molecule has 0 aliphatic heterocycles. The number of hydrogen-bond donors (Lipinski definition) is 0. The summed E-state index contributed by atoms with van der Waals surface area (Å²) in [5, 5.41) is 10.6. The Morgan fingerprint density at radius 1 is 0.440 bits per heavy atom. The Labute approximate surface area is 290 Å². The van der Waals surface area contributed by atoms with Gasteiger partial charge in [-0.1, -0.05) is 121 Å². The van der Waals surface area contributed by atoms with Gasteiger partial charge in [0.1, 0.15) is 11.2 Å². The number of benzene rings is 8. The van der Waals surface area contributed by atoms with Gasteiger partial charge < -0.3 is 4.42 Å². The molecule has 0 bridgehead atoms. The van der Waals surface area contributed by atoms with E-state index in [0.29, 0.717) is 0 Å². The predicted molar refractivity (Wildman–Crippen MR) is 211 cm³/mol. The Kier molecular flexibility index (Phi) is 5.83. The molecule has 0 aliphatic rings. The first-order chi connectivity index (χ1) is 24.8. The molecule has 3 aromatic heterocycles. The fraction of sp³-hybridized carbons (Fsp3) is 0. The summed E-state index contributed by atoms with van der Waals surface area (Å²) in [6, 6.07) is 56.0. The minimum atomic E-state index is 0.720. The van der Waals surface area contributed by atoms with Crippen molar-refractivity contribution in [2.45, 2.75) is 0 Å². The number of fused-ring (bicyclic) bond motifs is 10. The van der Waals surface area contributed by atoms with E-state index in [9.17, 15) is 0 Å². The van der Waals surface area contributed by atoms with Gasteiger partial charge in [0, 0.05) is 32.0 Å². The van der Waals surface area contributed by atoms with E-state index in [4.69, 9.17) is 14.4 Å². The van der Waals surface area contributed by atoms with Crippen molar-refractivity contribution < 1.29 is 4.42 Å². The van der Waals surface area contributed by atoms with Gasteiger partial charge in [0.15, 0.2) is 5.82 Å². The standard InChI is InChI=1S/C46H26N2OS/c1-2-11-28-24-31(21-20-27(28)10-1)46-47-43-36-16-7-8-19-41(36)50-45(43)44(48-46)37-17-9-18-39-42(37)35-23-22-30(26-40(35)49-39)38-25-29-12-3-4-13-32(29)33-14-5-6-15-34(33)38/h1-26H. The van der Waals surface area contributed by atoms with Crippen LogP contribution in [0.4, 0.5) is 0 Å². The molecule has 0 spiro atoms. The number of furan rings is 1. The smallest absolute Gasteiger partial charge is 0.160 e. The van der Waals surface area contributed by atoms with Gasteiger partial charge in [-0.3, -0.25) is 0 Å². The van der Waals surface area contributed by atoms with Crippen molar-refractivity contribution in [3.05, 3.63) is 158 Å². The minimum absolute atomic E-state index is 0.720. The van der Waals surface area contributed by atoms with E-state index in [1.54, 1.807) is 11.3 Å². The highest BCUT2D eigenvalue weighted by molar-refractivity contribution is 7.26. The van der Waals surface area contributed by atoms with Gasteiger partial charge in [0.2, 0.25) is 0 Å². The number of nitrogens with zero attached hydrogens (tertiary/aromatic N) is 2. The normalized spacial score (nSPS) is 12.0. The molecule has 0 amide bonds. The number of rotatable bonds is 3. The van der Waals surface area contributed by atoms with Crippen molar-refractivity contribution in [3.8, 4) is 33.8 Å². The maximum absolute atomic E-state index is 6.67. The second-order valence-electron chi connectivity index (χ2n) is 12.9. The molecule has 0 saturated carbocycles. The van der Waals surface area contributed by atoms with E-state index < -0.39 is 0 Å². The third-order valence-corrected chi connectivity index (χ3v) is 11.2. The highest BCUT2D eigenvalue weighted by atomic mass is 32.1. The van der Waals surface area contributed by atoms with Crippen LogP contribution in [-0.2, 0) is 0 Å². The van der Waals surface area contributed by atoms with Crippen LogP contribution in [0.5, 0.6) is 0 Å². The van der Waals surface area contributed by atoms with E-state index >= 15 is 0 Å². The molecule has 0 unspecified atom stereocenters. The van der Waals surface area contributed by atoms with Gasteiger partial charge in [-0.15, -0.1) is 11.3 Å². The van der Waals surface area contributed by atoms with Crippen LogP contribution in [0.25, 0.3) is 108 Å². The van der Waals surface area contributed by atoms with Crippen molar-refractivity contribution >= 4 is 85.9 Å². The van der Waals surface area contributed by atoms with Crippen molar-refractivity contribution in [1.29, 1.82) is 0 Å². The molecular weight excluding hydrogens is 629 g/mol. The first-order valence-corrected chi connectivity index (χ1v) is 17.6. The van der Waals surface area contributed by atoms with Gasteiger partial charge in [-0.25, -0.2) is 9.97 Å². The van der Waals surface area contributed by atoms with Crippen LogP contribution in [0.1, 0.15) is 0 Å². The van der Waals surface area contributed by atoms with Gasteiger partial charge in [-0.05, 0) is 79.8 Å². The van der Waals surface area contributed by atoms with E-state index in [2.05, 4.69) is 158 Å². The zero-order valence-corrected chi connectivity index (χ0v) is 27.5. The van der Waals surface area contributed by atoms with Crippen LogP contribution in [0.2, 0.25) is 0 Å². The lowest BCUT2D eigenvalue weighted by atomic mass is 9.93. The SMILES string of the molecule is c1ccc2cc(-c3nc(-c4cccc5oc6cc(-c7cc8ccccc8c8ccccc78)ccc6c45)c4sc5ccccc5c4n3)ccc2c1. The van der Waals surface area contributed by atoms with Crippen molar-refractivity contribution in [3.63, 3.8) is 0 Å². The molecule has 0 radical (unpaired) electrons. The molecule has 0 atom stereocenters. The largest absolute Gasteiger partial charge is 0.456 e. The molecule has 8 aromatic carbocycles. The van der Waals surface area contributed by atoms with E-state index in [1.165, 1.54) is 42.6 Å². The van der Waals surface area contributed by atoms with Crippen molar-refractivity contribution in [2.75, 3.05) is 0 Å². The van der Waals surface area contributed by atoms with E-state index in [1.807, 2.05) is 0 Å². The van der Waals surface area contributed by atoms with Gasteiger partial charge >= 0.3 is 0 Å². The monoisotopic (exact) mass is 654 g/mol. The van der Waals surface area contributed by atoms with Crippen molar-refractivity contribution in [1.82, 2.24) is 9.97 Å². The average molecular weight is 655 g/mol. The summed E-state index contributed by atoms with van der Waals surface area (Å²) >= 11 is 1.75. The lowest BCUT2D eigenvalue weighted by molar-refractivity contribution is 0.669. The molecule has 232 valence electrons. The van der Waals surface area contributed by atoms with Crippen LogP contribution in [0.3, 0.4) is 0 Å². The quantitative estimate of drug-likeness (QED) is 0.178. The summed E-state index contributed by atoms with van der Waals surface area (Å²) in [4.78, 5) is 10.6.